The van der Waals surface area contributed by atoms with Crippen LogP contribution in [0.15, 0.2) is 57.9 Å². The van der Waals surface area contributed by atoms with Gasteiger partial charge >= 0.3 is 5.97 Å². The van der Waals surface area contributed by atoms with Crippen molar-refractivity contribution in [1.82, 2.24) is 0 Å². The topological polar surface area (TPSA) is 69.4 Å². The first-order chi connectivity index (χ1) is 11.0. The summed E-state index contributed by atoms with van der Waals surface area (Å²) in [6.45, 7) is 0.258. The second-order valence-corrected chi connectivity index (χ2v) is 6.72. The van der Waals surface area contributed by atoms with Crippen LogP contribution >= 0.6 is 27.7 Å². The highest BCUT2D eigenvalue weighted by molar-refractivity contribution is 9.10. The lowest BCUT2D eigenvalue weighted by Gasteiger charge is -2.05. The highest BCUT2D eigenvalue weighted by Gasteiger charge is 2.06. The Bertz CT molecular complexity index is 673. The summed E-state index contributed by atoms with van der Waals surface area (Å²) in [5, 5.41) is 10.6. The van der Waals surface area contributed by atoms with Gasteiger partial charge in [0.1, 0.15) is 6.61 Å². The van der Waals surface area contributed by atoms with Crippen LogP contribution in [0.1, 0.15) is 12.0 Å². The maximum absolute atomic E-state index is 11.7. The number of carbonyl (C=O) groups excluding carboxylic acids is 1. The number of rotatable bonds is 7. The molecule has 2 rings (SSSR count). The molecule has 0 atom stereocenters. The Morgan fingerprint density at radius 3 is 2.39 bits per heavy atom. The van der Waals surface area contributed by atoms with Crippen LogP contribution in [0.5, 0.6) is 0 Å². The fourth-order valence-corrected chi connectivity index (χ4v) is 2.83. The number of esters is 1. The van der Waals surface area contributed by atoms with Gasteiger partial charge in [-0.05, 0) is 29.8 Å². The van der Waals surface area contributed by atoms with Crippen molar-refractivity contribution in [3.05, 3.63) is 68.7 Å². The van der Waals surface area contributed by atoms with Crippen LogP contribution in [0.4, 0.5) is 5.69 Å². The summed E-state index contributed by atoms with van der Waals surface area (Å²) in [6, 6.07) is 13.8. The van der Waals surface area contributed by atoms with E-state index in [1.54, 1.807) is 12.1 Å². The SMILES string of the molecule is O=C(CCSc1ccc([N+](=O)[O-])cc1)OCc1ccc(Br)cc1. The molecule has 0 unspecified atom stereocenters. The molecule has 0 radical (unpaired) electrons. The minimum atomic E-state index is -0.437. The molecule has 0 aliphatic carbocycles. The van der Waals surface area contributed by atoms with E-state index in [1.807, 2.05) is 24.3 Å². The number of thioether (sulfide) groups is 1. The quantitative estimate of drug-likeness (QED) is 0.297. The van der Waals surface area contributed by atoms with Crippen molar-refractivity contribution in [2.24, 2.45) is 0 Å². The maximum Gasteiger partial charge on any atom is 0.306 e. The monoisotopic (exact) mass is 395 g/mol. The van der Waals surface area contributed by atoms with Crippen molar-refractivity contribution >= 4 is 39.3 Å². The molecule has 2 aromatic rings. The molecule has 0 bridgehead atoms. The van der Waals surface area contributed by atoms with Gasteiger partial charge in [0.15, 0.2) is 0 Å². The molecule has 0 N–H and O–H groups in total. The van der Waals surface area contributed by atoms with E-state index in [2.05, 4.69) is 15.9 Å². The van der Waals surface area contributed by atoms with Crippen molar-refractivity contribution < 1.29 is 14.5 Å². The summed E-state index contributed by atoms with van der Waals surface area (Å²) in [7, 11) is 0. The molecule has 0 amide bonds. The van der Waals surface area contributed by atoms with E-state index in [0.29, 0.717) is 5.75 Å². The zero-order valence-electron chi connectivity index (χ0n) is 12.1. The number of hydrogen-bond acceptors (Lipinski definition) is 5. The average Bonchev–Trinajstić information content (AvgIpc) is 2.55. The number of nitro groups is 1. The highest BCUT2D eigenvalue weighted by atomic mass is 79.9. The van der Waals surface area contributed by atoms with E-state index in [0.717, 1.165) is 14.9 Å². The molecule has 0 aromatic heterocycles. The summed E-state index contributed by atoms with van der Waals surface area (Å²) >= 11 is 4.81. The Kier molecular flexibility index (Phi) is 6.61. The molecule has 5 nitrogen and oxygen atoms in total. The molecule has 0 aliphatic heterocycles. The van der Waals surface area contributed by atoms with Crippen LogP contribution in [-0.2, 0) is 16.1 Å². The average molecular weight is 396 g/mol. The molecule has 120 valence electrons. The lowest BCUT2D eigenvalue weighted by atomic mass is 10.2. The van der Waals surface area contributed by atoms with Crippen molar-refractivity contribution in [1.29, 1.82) is 0 Å². The van der Waals surface area contributed by atoms with Crippen LogP contribution in [0.3, 0.4) is 0 Å². The van der Waals surface area contributed by atoms with E-state index >= 15 is 0 Å². The third-order valence-electron chi connectivity index (χ3n) is 2.94. The Labute approximate surface area is 146 Å². The number of halogens is 1. The zero-order chi connectivity index (χ0) is 16.7. The van der Waals surface area contributed by atoms with Gasteiger partial charge in [-0.3, -0.25) is 14.9 Å². The Hall–Kier alpha value is -1.86. The largest absolute Gasteiger partial charge is 0.461 e. The second kappa shape index (κ2) is 8.69. The van der Waals surface area contributed by atoms with Gasteiger partial charge in [-0.15, -0.1) is 11.8 Å². The second-order valence-electron chi connectivity index (χ2n) is 4.64. The fourth-order valence-electron chi connectivity index (χ4n) is 1.73. The predicted molar refractivity (Wildman–Crippen MR) is 92.4 cm³/mol. The van der Waals surface area contributed by atoms with Crippen molar-refractivity contribution in [2.45, 2.75) is 17.9 Å². The number of non-ortho nitro benzene ring substituents is 1. The number of nitro benzene ring substituents is 1. The third kappa shape index (κ3) is 6.03. The van der Waals surface area contributed by atoms with Crippen LogP contribution in [0.25, 0.3) is 0 Å². The van der Waals surface area contributed by atoms with E-state index < -0.39 is 4.92 Å². The van der Waals surface area contributed by atoms with E-state index in [1.165, 1.54) is 23.9 Å². The standard InChI is InChI=1S/C16H14BrNO4S/c17-13-3-1-12(2-4-13)11-22-16(19)9-10-23-15-7-5-14(6-8-15)18(20)21/h1-8H,9-11H2. The van der Waals surface area contributed by atoms with Gasteiger partial charge < -0.3 is 4.74 Å². The first-order valence-electron chi connectivity index (χ1n) is 6.82. The Morgan fingerprint density at radius 1 is 1.13 bits per heavy atom. The van der Waals surface area contributed by atoms with Crippen LogP contribution in [0.2, 0.25) is 0 Å². The zero-order valence-corrected chi connectivity index (χ0v) is 14.5. The van der Waals surface area contributed by atoms with Gasteiger partial charge in [0.25, 0.3) is 5.69 Å². The fraction of sp³-hybridized carbons (Fsp3) is 0.188. The molecule has 0 heterocycles. The summed E-state index contributed by atoms with van der Waals surface area (Å²) in [5.74, 6) is 0.305. The van der Waals surface area contributed by atoms with Crippen molar-refractivity contribution in [3.63, 3.8) is 0 Å². The summed E-state index contributed by atoms with van der Waals surface area (Å²) in [5.41, 5.74) is 0.993. The number of benzene rings is 2. The molecule has 2 aromatic carbocycles. The summed E-state index contributed by atoms with van der Waals surface area (Å²) in [4.78, 5) is 22.7. The normalized spacial score (nSPS) is 10.3. The van der Waals surface area contributed by atoms with Gasteiger partial charge in [-0.25, -0.2) is 0 Å². The Morgan fingerprint density at radius 2 is 1.78 bits per heavy atom. The number of carbonyl (C=O) groups is 1. The molecule has 0 saturated heterocycles. The first kappa shape index (κ1) is 17.5. The molecule has 0 aliphatic rings. The third-order valence-corrected chi connectivity index (χ3v) is 4.48. The number of hydrogen-bond donors (Lipinski definition) is 0. The number of ether oxygens (including phenoxy) is 1. The van der Waals surface area contributed by atoms with Crippen LogP contribution in [-0.4, -0.2) is 16.6 Å². The Balaban J connectivity index is 1.70. The summed E-state index contributed by atoms with van der Waals surface area (Å²) in [6.07, 6.45) is 0.290. The van der Waals surface area contributed by atoms with Crippen LogP contribution < -0.4 is 0 Å². The lowest BCUT2D eigenvalue weighted by molar-refractivity contribution is -0.384. The smallest absolute Gasteiger partial charge is 0.306 e. The van der Waals surface area contributed by atoms with Crippen molar-refractivity contribution in [2.75, 3.05) is 5.75 Å². The molecular formula is C16H14BrNO4S. The molecule has 0 spiro atoms. The van der Waals surface area contributed by atoms with Crippen LogP contribution in [0, 0.1) is 10.1 Å². The highest BCUT2D eigenvalue weighted by Crippen LogP contribution is 2.22. The van der Waals surface area contributed by atoms with Gasteiger partial charge in [0.2, 0.25) is 0 Å². The van der Waals surface area contributed by atoms with Gasteiger partial charge in [-0.1, -0.05) is 28.1 Å². The molecule has 7 heteroatoms. The summed E-state index contributed by atoms with van der Waals surface area (Å²) < 4.78 is 6.18. The van der Waals surface area contributed by atoms with Gasteiger partial charge in [0, 0.05) is 27.3 Å². The van der Waals surface area contributed by atoms with E-state index in [9.17, 15) is 14.9 Å². The molecule has 0 saturated carbocycles. The molecule has 23 heavy (non-hydrogen) atoms. The van der Waals surface area contributed by atoms with E-state index in [-0.39, 0.29) is 24.7 Å². The predicted octanol–water partition coefficient (Wildman–Crippen LogP) is 4.58. The molecule has 0 fully saturated rings. The van der Waals surface area contributed by atoms with Crippen molar-refractivity contribution in [3.8, 4) is 0 Å². The van der Waals surface area contributed by atoms with Gasteiger partial charge in [0.05, 0.1) is 11.3 Å². The molecular weight excluding hydrogens is 382 g/mol. The van der Waals surface area contributed by atoms with Gasteiger partial charge in [-0.2, -0.15) is 0 Å². The lowest BCUT2D eigenvalue weighted by Crippen LogP contribution is -2.05. The van der Waals surface area contributed by atoms with E-state index in [4.69, 9.17) is 4.74 Å². The maximum atomic E-state index is 11.7. The minimum absolute atomic E-state index is 0.0586. The first-order valence-corrected chi connectivity index (χ1v) is 8.60. The number of nitrogens with zero attached hydrogens (tertiary/aromatic N) is 1. The minimum Gasteiger partial charge on any atom is -0.461 e.